The molecule has 2 heteroatoms. The monoisotopic (exact) mass is 226 g/mol. The summed E-state index contributed by atoms with van der Waals surface area (Å²) in [5.74, 6) is 2.47. The molecular formula is C14H30N2. The fraction of sp³-hybridized carbons (Fsp3) is 1.00. The van der Waals surface area contributed by atoms with Gasteiger partial charge in [-0.05, 0) is 30.7 Å². The Kier molecular flexibility index (Phi) is 5.77. The number of likely N-dealkylation sites (tertiary alicyclic amines) is 1. The van der Waals surface area contributed by atoms with Crippen molar-refractivity contribution < 1.29 is 0 Å². The average molecular weight is 226 g/mol. The largest absolute Gasteiger partial charge is 0.313 e. The van der Waals surface area contributed by atoms with Crippen LogP contribution in [0, 0.1) is 17.8 Å². The zero-order valence-corrected chi connectivity index (χ0v) is 11.8. The first-order valence-corrected chi connectivity index (χ1v) is 6.98. The first-order valence-electron chi connectivity index (χ1n) is 6.98. The molecule has 1 heterocycles. The summed E-state index contributed by atoms with van der Waals surface area (Å²) in [5, 5.41) is 3.63. The van der Waals surface area contributed by atoms with Crippen molar-refractivity contribution in [3.05, 3.63) is 0 Å². The van der Waals surface area contributed by atoms with Crippen LogP contribution in [0.4, 0.5) is 0 Å². The second-order valence-electron chi connectivity index (χ2n) is 6.11. The molecule has 0 aromatic rings. The summed E-state index contributed by atoms with van der Waals surface area (Å²) >= 11 is 0. The molecule has 2 atom stereocenters. The van der Waals surface area contributed by atoms with E-state index in [0.717, 1.165) is 24.3 Å². The lowest BCUT2D eigenvalue weighted by Gasteiger charge is -2.40. The van der Waals surface area contributed by atoms with Crippen molar-refractivity contribution in [2.45, 2.75) is 47.1 Å². The minimum absolute atomic E-state index is 0.713. The molecule has 0 radical (unpaired) electrons. The van der Waals surface area contributed by atoms with E-state index in [1.165, 1.54) is 26.1 Å². The van der Waals surface area contributed by atoms with Gasteiger partial charge < -0.3 is 10.2 Å². The van der Waals surface area contributed by atoms with E-state index >= 15 is 0 Å². The third-order valence-corrected chi connectivity index (χ3v) is 3.62. The molecule has 0 saturated carbocycles. The molecule has 0 spiro atoms. The molecule has 0 aromatic carbocycles. The predicted octanol–water partition coefficient (Wildman–Crippen LogP) is 2.60. The Balaban J connectivity index is 2.51. The third-order valence-electron chi connectivity index (χ3n) is 3.62. The van der Waals surface area contributed by atoms with Crippen LogP contribution in [-0.4, -0.2) is 37.1 Å². The highest BCUT2D eigenvalue weighted by molar-refractivity contribution is 4.84. The zero-order chi connectivity index (χ0) is 12.1. The second kappa shape index (κ2) is 6.61. The quantitative estimate of drug-likeness (QED) is 0.775. The fourth-order valence-corrected chi connectivity index (χ4v) is 2.82. The lowest BCUT2D eigenvalue weighted by molar-refractivity contribution is 0.106. The molecule has 1 aliphatic heterocycles. The maximum atomic E-state index is 3.63. The van der Waals surface area contributed by atoms with Crippen molar-refractivity contribution in [2.75, 3.05) is 26.2 Å². The maximum Gasteiger partial charge on any atom is 0.0198 e. The van der Waals surface area contributed by atoms with Gasteiger partial charge in [-0.25, -0.2) is 0 Å². The minimum Gasteiger partial charge on any atom is -0.313 e. The van der Waals surface area contributed by atoms with Crippen LogP contribution in [0.5, 0.6) is 0 Å². The van der Waals surface area contributed by atoms with E-state index in [1.54, 1.807) is 0 Å². The van der Waals surface area contributed by atoms with E-state index in [1.807, 2.05) is 0 Å². The normalized spacial score (nSPS) is 27.9. The van der Waals surface area contributed by atoms with E-state index < -0.39 is 0 Å². The Morgan fingerprint density at radius 1 is 1.19 bits per heavy atom. The SMILES string of the molecule is CCNC1CC(C(C)C)CN(CC(C)C)C1. The van der Waals surface area contributed by atoms with Crippen LogP contribution in [0.25, 0.3) is 0 Å². The number of hydrogen-bond donors (Lipinski definition) is 1. The van der Waals surface area contributed by atoms with E-state index in [-0.39, 0.29) is 0 Å². The van der Waals surface area contributed by atoms with Crippen molar-refractivity contribution in [2.24, 2.45) is 17.8 Å². The van der Waals surface area contributed by atoms with Gasteiger partial charge in [0.15, 0.2) is 0 Å². The Bertz CT molecular complexity index is 189. The zero-order valence-electron chi connectivity index (χ0n) is 11.8. The number of piperidine rings is 1. The van der Waals surface area contributed by atoms with Crippen LogP contribution in [0.1, 0.15) is 41.0 Å². The van der Waals surface area contributed by atoms with Gasteiger partial charge >= 0.3 is 0 Å². The highest BCUT2D eigenvalue weighted by atomic mass is 15.2. The van der Waals surface area contributed by atoms with Crippen molar-refractivity contribution in [3.63, 3.8) is 0 Å². The van der Waals surface area contributed by atoms with Gasteiger partial charge in [-0.2, -0.15) is 0 Å². The molecule has 1 aliphatic rings. The van der Waals surface area contributed by atoms with Crippen LogP contribution in [-0.2, 0) is 0 Å². The number of nitrogens with one attached hydrogen (secondary N) is 1. The standard InChI is InChI=1S/C14H30N2/c1-6-15-14-7-13(12(4)5)9-16(10-14)8-11(2)3/h11-15H,6-10H2,1-5H3. The summed E-state index contributed by atoms with van der Waals surface area (Å²) in [6.07, 6.45) is 1.36. The van der Waals surface area contributed by atoms with Gasteiger partial charge in [0.2, 0.25) is 0 Å². The van der Waals surface area contributed by atoms with Crippen LogP contribution < -0.4 is 5.32 Å². The van der Waals surface area contributed by atoms with Gasteiger partial charge in [0, 0.05) is 25.7 Å². The van der Waals surface area contributed by atoms with Crippen LogP contribution in [0.2, 0.25) is 0 Å². The number of likely N-dealkylation sites (N-methyl/N-ethyl adjacent to an activating group) is 1. The summed E-state index contributed by atoms with van der Waals surface area (Å²) in [7, 11) is 0. The average Bonchev–Trinajstić information content (AvgIpc) is 2.16. The molecule has 1 rings (SSSR count). The fourth-order valence-electron chi connectivity index (χ4n) is 2.82. The Morgan fingerprint density at radius 3 is 2.38 bits per heavy atom. The highest BCUT2D eigenvalue weighted by Crippen LogP contribution is 2.24. The minimum atomic E-state index is 0.713. The smallest absolute Gasteiger partial charge is 0.0198 e. The molecule has 0 aliphatic carbocycles. The first-order chi connectivity index (χ1) is 7.52. The molecule has 96 valence electrons. The van der Waals surface area contributed by atoms with Gasteiger partial charge in [0.25, 0.3) is 0 Å². The molecule has 2 nitrogen and oxygen atoms in total. The Morgan fingerprint density at radius 2 is 1.88 bits per heavy atom. The summed E-state index contributed by atoms with van der Waals surface area (Å²) in [6.45, 7) is 16.5. The van der Waals surface area contributed by atoms with Crippen molar-refractivity contribution in [1.82, 2.24) is 10.2 Å². The number of rotatable bonds is 5. The van der Waals surface area contributed by atoms with E-state index in [4.69, 9.17) is 0 Å². The lowest BCUT2D eigenvalue weighted by Crippen LogP contribution is -2.51. The van der Waals surface area contributed by atoms with E-state index in [9.17, 15) is 0 Å². The molecule has 1 fully saturated rings. The molecule has 0 bridgehead atoms. The molecule has 1 saturated heterocycles. The first kappa shape index (κ1) is 14.0. The summed E-state index contributed by atoms with van der Waals surface area (Å²) in [6, 6.07) is 0.713. The molecule has 2 unspecified atom stereocenters. The van der Waals surface area contributed by atoms with Gasteiger partial charge in [-0.3, -0.25) is 0 Å². The van der Waals surface area contributed by atoms with Gasteiger partial charge in [0.1, 0.15) is 0 Å². The molecule has 0 amide bonds. The highest BCUT2D eigenvalue weighted by Gasteiger charge is 2.28. The lowest BCUT2D eigenvalue weighted by atomic mass is 9.85. The van der Waals surface area contributed by atoms with Crippen molar-refractivity contribution in [3.8, 4) is 0 Å². The predicted molar refractivity (Wildman–Crippen MR) is 71.7 cm³/mol. The molecular weight excluding hydrogens is 196 g/mol. The summed E-state index contributed by atoms with van der Waals surface area (Å²) in [4.78, 5) is 2.66. The Labute approximate surface area is 102 Å². The number of hydrogen-bond acceptors (Lipinski definition) is 2. The van der Waals surface area contributed by atoms with E-state index in [2.05, 4.69) is 44.8 Å². The van der Waals surface area contributed by atoms with E-state index in [0.29, 0.717) is 6.04 Å². The maximum absolute atomic E-state index is 3.63. The topological polar surface area (TPSA) is 15.3 Å². The van der Waals surface area contributed by atoms with Crippen molar-refractivity contribution in [1.29, 1.82) is 0 Å². The van der Waals surface area contributed by atoms with Gasteiger partial charge in [0.05, 0.1) is 0 Å². The number of nitrogens with zero attached hydrogens (tertiary/aromatic N) is 1. The Hall–Kier alpha value is -0.0800. The molecule has 1 N–H and O–H groups in total. The van der Waals surface area contributed by atoms with Gasteiger partial charge in [-0.15, -0.1) is 0 Å². The van der Waals surface area contributed by atoms with Gasteiger partial charge in [-0.1, -0.05) is 34.6 Å². The second-order valence-corrected chi connectivity index (χ2v) is 6.11. The van der Waals surface area contributed by atoms with Crippen LogP contribution >= 0.6 is 0 Å². The third kappa shape index (κ3) is 4.42. The molecule has 0 aromatic heterocycles. The summed E-state index contributed by atoms with van der Waals surface area (Å²) < 4.78 is 0. The van der Waals surface area contributed by atoms with Crippen LogP contribution in [0.15, 0.2) is 0 Å². The van der Waals surface area contributed by atoms with Crippen molar-refractivity contribution >= 4 is 0 Å². The molecule has 16 heavy (non-hydrogen) atoms. The summed E-state index contributed by atoms with van der Waals surface area (Å²) in [5.41, 5.74) is 0. The van der Waals surface area contributed by atoms with Crippen LogP contribution in [0.3, 0.4) is 0 Å².